The van der Waals surface area contributed by atoms with Gasteiger partial charge in [-0.1, -0.05) is 26.0 Å². The lowest BCUT2D eigenvalue weighted by Gasteiger charge is -2.27. The highest BCUT2D eigenvalue weighted by Gasteiger charge is 2.30. The molecule has 3 heteroatoms. The molecule has 1 aliphatic heterocycles. The number of nitrogens with zero attached hydrogens (tertiary/aromatic N) is 1. The molecule has 1 heterocycles. The van der Waals surface area contributed by atoms with Gasteiger partial charge in [-0.25, -0.2) is 0 Å². The van der Waals surface area contributed by atoms with Gasteiger partial charge in [-0.2, -0.15) is 0 Å². The summed E-state index contributed by atoms with van der Waals surface area (Å²) in [5, 5.41) is 12.8. The van der Waals surface area contributed by atoms with E-state index in [1.807, 2.05) is 0 Å². The average Bonchev–Trinajstić information content (AvgIpc) is 2.78. The van der Waals surface area contributed by atoms with Crippen LogP contribution < -0.4 is 10.2 Å². The first-order chi connectivity index (χ1) is 8.76. The van der Waals surface area contributed by atoms with Gasteiger partial charge < -0.3 is 15.3 Å². The summed E-state index contributed by atoms with van der Waals surface area (Å²) in [6.45, 7) is 7.57. The SMILES string of the molecule is CCNCc1ccc(N2CCC(C)C2CO)cc1. The van der Waals surface area contributed by atoms with Crippen molar-refractivity contribution in [1.29, 1.82) is 0 Å². The van der Waals surface area contributed by atoms with Crippen LogP contribution in [0.1, 0.15) is 25.8 Å². The molecule has 1 aromatic rings. The van der Waals surface area contributed by atoms with E-state index in [2.05, 4.69) is 48.3 Å². The molecule has 2 N–H and O–H groups in total. The molecular weight excluding hydrogens is 224 g/mol. The van der Waals surface area contributed by atoms with Gasteiger partial charge in [0.25, 0.3) is 0 Å². The van der Waals surface area contributed by atoms with Crippen molar-refractivity contribution in [3.05, 3.63) is 29.8 Å². The van der Waals surface area contributed by atoms with Crippen LogP contribution in [0.25, 0.3) is 0 Å². The minimum absolute atomic E-state index is 0.250. The zero-order valence-corrected chi connectivity index (χ0v) is 11.4. The molecule has 0 bridgehead atoms. The van der Waals surface area contributed by atoms with Crippen LogP contribution in [0, 0.1) is 5.92 Å². The molecule has 0 saturated carbocycles. The maximum absolute atomic E-state index is 9.49. The maximum atomic E-state index is 9.49. The Hall–Kier alpha value is -1.06. The van der Waals surface area contributed by atoms with E-state index in [0.29, 0.717) is 5.92 Å². The van der Waals surface area contributed by atoms with E-state index in [1.165, 1.54) is 17.7 Å². The second-order valence-electron chi connectivity index (χ2n) is 5.16. The Labute approximate surface area is 110 Å². The Morgan fingerprint density at radius 1 is 1.33 bits per heavy atom. The normalized spacial score (nSPS) is 23.6. The summed E-state index contributed by atoms with van der Waals surface area (Å²) in [5.41, 5.74) is 2.55. The molecule has 1 fully saturated rings. The van der Waals surface area contributed by atoms with E-state index >= 15 is 0 Å². The standard InChI is InChI=1S/C15H24N2O/c1-3-16-10-13-4-6-14(7-5-13)17-9-8-12(2)15(17)11-18/h4-7,12,15-16,18H,3,8-11H2,1-2H3. The van der Waals surface area contributed by atoms with Crippen LogP contribution in [-0.2, 0) is 6.54 Å². The van der Waals surface area contributed by atoms with E-state index in [0.717, 1.165) is 19.6 Å². The lowest BCUT2D eigenvalue weighted by molar-refractivity contribution is 0.245. The van der Waals surface area contributed by atoms with Gasteiger partial charge >= 0.3 is 0 Å². The average molecular weight is 248 g/mol. The lowest BCUT2D eigenvalue weighted by Crippen LogP contribution is -2.35. The van der Waals surface area contributed by atoms with Crippen LogP contribution in [0.15, 0.2) is 24.3 Å². The highest BCUT2D eigenvalue weighted by molar-refractivity contribution is 5.49. The highest BCUT2D eigenvalue weighted by atomic mass is 16.3. The van der Waals surface area contributed by atoms with Gasteiger partial charge in [0, 0.05) is 18.8 Å². The molecular formula is C15H24N2O. The number of hydrogen-bond donors (Lipinski definition) is 2. The maximum Gasteiger partial charge on any atom is 0.0637 e. The predicted molar refractivity (Wildman–Crippen MR) is 75.8 cm³/mol. The molecule has 0 aromatic heterocycles. The van der Waals surface area contributed by atoms with Crippen molar-refractivity contribution in [2.75, 3.05) is 24.6 Å². The lowest BCUT2D eigenvalue weighted by atomic mass is 10.0. The van der Waals surface area contributed by atoms with Gasteiger partial charge in [-0.05, 0) is 36.6 Å². The number of rotatable bonds is 5. The topological polar surface area (TPSA) is 35.5 Å². The molecule has 0 spiro atoms. The summed E-state index contributed by atoms with van der Waals surface area (Å²) in [7, 11) is 0. The summed E-state index contributed by atoms with van der Waals surface area (Å²) in [5.74, 6) is 0.580. The molecule has 18 heavy (non-hydrogen) atoms. The van der Waals surface area contributed by atoms with E-state index in [9.17, 15) is 5.11 Å². The predicted octanol–water partition coefficient (Wildman–Crippen LogP) is 2.00. The number of nitrogens with one attached hydrogen (secondary N) is 1. The number of hydrogen-bond acceptors (Lipinski definition) is 3. The van der Waals surface area contributed by atoms with E-state index in [1.54, 1.807) is 0 Å². The fourth-order valence-electron chi connectivity index (χ4n) is 2.68. The third-order valence-electron chi connectivity index (χ3n) is 3.92. The number of aliphatic hydroxyl groups is 1. The molecule has 2 rings (SSSR count). The van der Waals surface area contributed by atoms with E-state index in [4.69, 9.17) is 0 Å². The van der Waals surface area contributed by atoms with Crippen molar-refractivity contribution in [3.63, 3.8) is 0 Å². The largest absolute Gasteiger partial charge is 0.394 e. The van der Waals surface area contributed by atoms with Gasteiger partial charge in [-0.3, -0.25) is 0 Å². The second-order valence-corrected chi connectivity index (χ2v) is 5.16. The van der Waals surface area contributed by atoms with Crippen LogP contribution in [0.2, 0.25) is 0 Å². The van der Waals surface area contributed by atoms with Gasteiger partial charge in [0.2, 0.25) is 0 Å². The van der Waals surface area contributed by atoms with Crippen molar-refractivity contribution >= 4 is 5.69 Å². The quantitative estimate of drug-likeness (QED) is 0.836. The van der Waals surface area contributed by atoms with Gasteiger partial charge in [0.1, 0.15) is 0 Å². The molecule has 2 unspecified atom stereocenters. The summed E-state index contributed by atoms with van der Waals surface area (Å²) < 4.78 is 0. The number of benzene rings is 1. The fraction of sp³-hybridized carbons (Fsp3) is 0.600. The minimum atomic E-state index is 0.250. The molecule has 1 saturated heterocycles. The molecule has 0 aliphatic carbocycles. The molecule has 3 nitrogen and oxygen atoms in total. The smallest absolute Gasteiger partial charge is 0.0637 e. The van der Waals surface area contributed by atoms with Crippen molar-refractivity contribution in [2.45, 2.75) is 32.9 Å². The van der Waals surface area contributed by atoms with Gasteiger partial charge in [0.15, 0.2) is 0 Å². The summed E-state index contributed by atoms with van der Waals surface area (Å²) >= 11 is 0. The Balaban J connectivity index is 2.05. The van der Waals surface area contributed by atoms with E-state index in [-0.39, 0.29) is 12.6 Å². The highest BCUT2D eigenvalue weighted by Crippen LogP contribution is 2.29. The molecule has 0 radical (unpaired) electrons. The van der Waals surface area contributed by atoms with Crippen molar-refractivity contribution in [1.82, 2.24) is 5.32 Å². The van der Waals surface area contributed by atoms with Crippen LogP contribution in [0.5, 0.6) is 0 Å². The summed E-state index contributed by atoms with van der Waals surface area (Å²) in [6, 6.07) is 8.98. The molecule has 2 atom stereocenters. The summed E-state index contributed by atoms with van der Waals surface area (Å²) in [6.07, 6.45) is 1.17. The van der Waals surface area contributed by atoms with Crippen molar-refractivity contribution in [2.24, 2.45) is 5.92 Å². The minimum Gasteiger partial charge on any atom is -0.394 e. The third-order valence-corrected chi connectivity index (χ3v) is 3.92. The molecule has 0 amide bonds. The molecule has 100 valence electrons. The first kappa shape index (κ1) is 13.4. The first-order valence-corrected chi connectivity index (χ1v) is 6.93. The monoisotopic (exact) mass is 248 g/mol. The Morgan fingerprint density at radius 2 is 2.06 bits per heavy atom. The van der Waals surface area contributed by atoms with Crippen LogP contribution in [-0.4, -0.2) is 30.8 Å². The first-order valence-electron chi connectivity index (χ1n) is 6.93. The van der Waals surface area contributed by atoms with Crippen LogP contribution in [0.3, 0.4) is 0 Å². The summed E-state index contributed by atoms with van der Waals surface area (Å²) in [4.78, 5) is 2.34. The van der Waals surface area contributed by atoms with Gasteiger partial charge in [0.05, 0.1) is 12.6 Å². The molecule has 1 aromatic carbocycles. The third kappa shape index (κ3) is 2.85. The Kier molecular flexibility index (Phi) is 4.61. The zero-order valence-electron chi connectivity index (χ0n) is 11.4. The Morgan fingerprint density at radius 3 is 2.67 bits per heavy atom. The van der Waals surface area contributed by atoms with Crippen molar-refractivity contribution in [3.8, 4) is 0 Å². The zero-order chi connectivity index (χ0) is 13.0. The Bertz CT molecular complexity index is 363. The fourth-order valence-corrected chi connectivity index (χ4v) is 2.68. The number of anilines is 1. The van der Waals surface area contributed by atoms with Gasteiger partial charge in [-0.15, -0.1) is 0 Å². The number of aliphatic hydroxyl groups excluding tert-OH is 1. The van der Waals surface area contributed by atoms with Crippen LogP contribution in [0.4, 0.5) is 5.69 Å². The van der Waals surface area contributed by atoms with Crippen molar-refractivity contribution < 1.29 is 5.11 Å². The van der Waals surface area contributed by atoms with E-state index < -0.39 is 0 Å². The molecule has 1 aliphatic rings. The second kappa shape index (κ2) is 6.21. The van der Waals surface area contributed by atoms with Crippen LogP contribution >= 0.6 is 0 Å².